The maximum absolute atomic E-state index is 14.0. The number of rotatable bonds is 8. The van der Waals surface area contributed by atoms with Gasteiger partial charge in [-0.1, -0.05) is 12.5 Å². The summed E-state index contributed by atoms with van der Waals surface area (Å²) in [5, 5.41) is 17.4. The number of nitrogens with zero attached hydrogens (tertiary/aromatic N) is 2. The van der Waals surface area contributed by atoms with E-state index in [1.54, 1.807) is 0 Å². The van der Waals surface area contributed by atoms with Gasteiger partial charge >= 0.3 is 6.03 Å². The quantitative estimate of drug-likeness (QED) is 0.457. The smallest absolute Gasteiger partial charge is 0.315 e. The molecule has 10 heteroatoms. The summed E-state index contributed by atoms with van der Waals surface area (Å²) in [5.74, 6) is -1.88. The van der Waals surface area contributed by atoms with Crippen molar-refractivity contribution in [2.45, 2.75) is 48.9 Å². The third-order valence-electron chi connectivity index (χ3n) is 5.54. The average molecular weight is 463 g/mol. The molecule has 2 aromatic rings. The van der Waals surface area contributed by atoms with Gasteiger partial charge in [0.15, 0.2) is 11.7 Å². The monoisotopic (exact) mass is 462 g/mol. The second kappa shape index (κ2) is 9.32. The molecular weight excluding hydrogens is 442 g/mol. The molecule has 1 aromatic carbocycles. The Morgan fingerprint density at radius 3 is 2.81 bits per heavy atom. The standard InChI is InChI=1S/C21H20F2N4O2S2/c22-12-4-3-5-13(23)18(12)14-9-31-20(25-14)11(8-24)16(28)6-1-2-7-17-19-15(10-30-17)26-21(29)27-19/h3-5,9,11,15,17,19H,1-2,6-7,10H2,(H2,26,27,29)/t11-,15-,17+,19-/m1/s1. The van der Waals surface area contributed by atoms with Crippen molar-refractivity contribution in [1.82, 2.24) is 15.6 Å². The van der Waals surface area contributed by atoms with Crippen molar-refractivity contribution < 1.29 is 18.4 Å². The van der Waals surface area contributed by atoms with E-state index < -0.39 is 17.6 Å². The molecule has 6 nitrogen and oxygen atoms in total. The van der Waals surface area contributed by atoms with Gasteiger partial charge in [0.25, 0.3) is 0 Å². The fourth-order valence-corrected chi connectivity index (χ4v) is 6.39. The summed E-state index contributed by atoms with van der Waals surface area (Å²) in [4.78, 5) is 28.2. The van der Waals surface area contributed by atoms with Gasteiger partial charge in [0, 0.05) is 22.8 Å². The number of hydrogen-bond acceptors (Lipinski definition) is 6. The van der Waals surface area contributed by atoms with E-state index in [-0.39, 0.29) is 46.6 Å². The van der Waals surface area contributed by atoms with Crippen LogP contribution in [0.25, 0.3) is 11.3 Å². The summed E-state index contributed by atoms with van der Waals surface area (Å²) in [6.45, 7) is 0. The molecule has 3 heterocycles. The highest BCUT2D eigenvalue weighted by molar-refractivity contribution is 8.00. The second-order valence-corrected chi connectivity index (χ2v) is 9.73. The Kier molecular flexibility index (Phi) is 6.53. The summed E-state index contributed by atoms with van der Waals surface area (Å²) < 4.78 is 28.0. The number of unbranched alkanes of at least 4 members (excludes halogenated alkanes) is 1. The predicted octanol–water partition coefficient (Wildman–Crippen LogP) is 3.99. The number of amides is 2. The largest absolute Gasteiger partial charge is 0.332 e. The zero-order chi connectivity index (χ0) is 22.0. The summed E-state index contributed by atoms with van der Waals surface area (Å²) in [6.07, 6.45) is 2.56. The number of ketones is 1. The van der Waals surface area contributed by atoms with Gasteiger partial charge < -0.3 is 10.6 Å². The highest BCUT2D eigenvalue weighted by Crippen LogP contribution is 2.34. The van der Waals surface area contributed by atoms with Crippen LogP contribution in [-0.4, -0.2) is 39.9 Å². The van der Waals surface area contributed by atoms with Crippen LogP contribution < -0.4 is 10.6 Å². The minimum Gasteiger partial charge on any atom is -0.332 e. The molecule has 1 aromatic heterocycles. The Balaban J connectivity index is 1.32. The molecule has 0 bridgehead atoms. The lowest BCUT2D eigenvalue weighted by Gasteiger charge is -2.16. The third-order valence-corrected chi connectivity index (χ3v) is 7.96. The summed E-state index contributed by atoms with van der Waals surface area (Å²) in [5.41, 5.74) is -0.168. The summed E-state index contributed by atoms with van der Waals surface area (Å²) in [7, 11) is 0. The Bertz CT molecular complexity index is 1020. The van der Waals surface area contributed by atoms with Crippen molar-refractivity contribution in [3.63, 3.8) is 0 Å². The molecule has 0 saturated carbocycles. The van der Waals surface area contributed by atoms with Crippen LogP contribution in [0.5, 0.6) is 0 Å². The SMILES string of the molecule is N#C[C@H](C(=O)CCCC[C@@H]1SC[C@H]2NC(=O)N[C@@H]12)c1nc(-c2c(F)cccc2F)cs1. The van der Waals surface area contributed by atoms with Crippen molar-refractivity contribution >= 4 is 34.9 Å². The minimum atomic E-state index is -1.04. The van der Waals surface area contributed by atoms with Crippen LogP contribution in [0.4, 0.5) is 13.6 Å². The van der Waals surface area contributed by atoms with Gasteiger partial charge in [0.1, 0.15) is 16.6 Å². The van der Waals surface area contributed by atoms with Gasteiger partial charge in [-0.25, -0.2) is 18.6 Å². The first-order chi connectivity index (χ1) is 15.0. The molecule has 4 rings (SSSR count). The topological polar surface area (TPSA) is 94.9 Å². The lowest BCUT2D eigenvalue weighted by Crippen LogP contribution is -2.36. The Hall–Kier alpha value is -2.51. The van der Waals surface area contributed by atoms with E-state index in [2.05, 4.69) is 15.6 Å². The van der Waals surface area contributed by atoms with E-state index in [9.17, 15) is 23.6 Å². The molecular formula is C21H20F2N4O2S2. The Morgan fingerprint density at radius 2 is 2.06 bits per heavy atom. The van der Waals surface area contributed by atoms with E-state index in [4.69, 9.17) is 0 Å². The predicted molar refractivity (Wildman–Crippen MR) is 115 cm³/mol. The van der Waals surface area contributed by atoms with Crippen molar-refractivity contribution in [2.75, 3.05) is 5.75 Å². The number of carbonyl (C=O) groups excluding carboxylic acids is 2. The first-order valence-corrected chi connectivity index (χ1v) is 11.9. The van der Waals surface area contributed by atoms with Crippen LogP contribution in [0.3, 0.4) is 0 Å². The normalized spacial score (nSPS) is 23.0. The minimum absolute atomic E-state index is 0.0867. The highest BCUT2D eigenvalue weighted by Gasteiger charge is 2.42. The lowest BCUT2D eigenvalue weighted by atomic mass is 9.98. The van der Waals surface area contributed by atoms with Crippen LogP contribution in [0.2, 0.25) is 0 Å². The average Bonchev–Trinajstić information content (AvgIpc) is 3.43. The fourth-order valence-electron chi connectivity index (χ4n) is 3.97. The molecule has 2 aliphatic heterocycles. The number of benzene rings is 1. The maximum Gasteiger partial charge on any atom is 0.315 e. The zero-order valence-electron chi connectivity index (χ0n) is 16.4. The van der Waals surface area contributed by atoms with E-state index >= 15 is 0 Å². The van der Waals surface area contributed by atoms with Gasteiger partial charge in [-0.3, -0.25) is 4.79 Å². The van der Waals surface area contributed by atoms with E-state index in [0.29, 0.717) is 11.7 Å². The second-order valence-electron chi connectivity index (χ2n) is 7.56. The number of urea groups is 1. The number of hydrogen-bond donors (Lipinski definition) is 2. The van der Waals surface area contributed by atoms with Crippen molar-refractivity contribution in [3.8, 4) is 17.3 Å². The zero-order valence-corrected chi connectivity index (χ0v) is 18.1. The third kappa shape index (κ3) is 4.57. The highest BCUT2D eigenvalue weighted by atomic mass is 32.2. The molecule has 162 valence electrons. The maximum atomic E-state index is 14.0. The van der Waals surface area contributed by atoms with Gasteiger partial charge in [-0.05, 0) is 25.0 Å². The lowest BCUT2D eigenvalue weighted by molar-refractivity contribution is -0.119. The number of aromatic nitrogens is 1. The van der Waals surface area contributed by atoms with Gasteiger partial charge in [0.05, 0.1) is 29.4 Å². The summed E-state index contributed by atoms with van der Waals surface area (Å²) in [6, 6.07) is 5.71. The molecule has 2 saturated heterocycles. The number of nitriles is 1. The molecule has 2 amide bonds. The molecule has 2 aliphatic rings. The molecule has 0 unspecified atom stereocenters. The molecule has 0 aliphatic carbocycles. The first-order valence-electron chi connectivity index (χ1n) is 9.98. The van der Waals surface area contributed by atoms with E-state index in [1.807, 2.05) is 17.8 Å². The molecule has 0 radical (unpaired) electrons. The number of thioether (sulfide) groups is 1. The van der Waals surface area contributed by atoms with Crippen molar-refractivity contribution in [3.05, 3.63) is 40.2 Å². The number of carbonyl (C=O) groups is 2. The summed E-state index contributed by atoms with van der Waals surface area (Å²) >= 11 is 2.88. The Labute approximate surface area is 186 Å². The van der Waals surface area contributed by atoms with Gasteiger partial charge in [-0.2, -0.15) is 17.0 Å². The molecule has 2 fully saturated rings. The molecule has 4 atom stereocenters. The van der Waals surface area contributed by atoms with Crippen LogP contribution in [0.15, 0.2) is 23.6 Å². The molecule has 31 heavy (non-hydrogen) atoms. The first kappa shape index (κ1) is 21.7. The van der Waals surface area contributed by atoms with E-state index in [1.165, 1.54) is 11.4 Å². The number of fused-ring (bicyclic) bond motifs is 1. The van der Waals surface area contributed by atoms with Gasteiger partial charge in [-0.15, -0.1) is 11.3 Å². The van der Waals surface area contributed by atoms with Crippen LogP contribution in [0.1, 0.15) is 36.6 Å². The molecule has 0 spiro atoms. The van der Waals surface area contributed by atoms with Crippen LogP contribution in [0, 0.1) is 23.0 Å². The number of Topliss-reactive ketones (excluding diaryl/α,β-unsaturated/α-hetero) is 1. The number of thiazole rings is 1. The van der Waals surface area contributed by atoms with Crippen molar-refractivity contribution in [2.24, 2.45) is 0 Å². The van der Waals surface area contributed by atoms with E-state index in [0.717, 1.165) is 42.1 Å². The van der Waals surface area contributed by atoms with Crippen molar-refractivity contribution in [1.29, 1.82) is 5.26 Å². The van der Waals surface area contributed by atoms with Crippen LogP contribution in [-0.2, 0) is 4.79 Å². The fraction of sp³-hybridized carbons (Fsp3) is 0.429. The van der Waals surface area contributed by atoms with Crippen LogP contribution >= 0.6 is 23.1 Å². The number of halogens is 2. The molecule has 2 N–H and O–H groups in total. The number of nitrogens with one attached hydrogen (secondary N) is 2. The van der Waals surface area contributed by atoms with Gasteiger partial charge in [0.2, 0.25) is 0 Å². The Morgan fingerprint density at radius 1 is 1.29 bits per heavy atom.